The Bertz CT molecular complexity index is 236. The molecule has 0 rings (SSSR count). The van der Waals surface area contributed by atoms with Crippen LogP contribution in [0.3, 0.4) is 0 Å². The minimum Gasteiger partial charge on any atom is -0.393 e. The maximum absolute atomic E-state index is 12.6. The summed E-state index contributed by atoms with van der Waals surface area (Å²) in [7, 11) is 1.81. The van der Waals surface area contributed by atoms with Gasteiger partial charge in [0.15, 0.2) is 0 Å². The zero-order valence-electron chi connectivity index (χ0n) is 12.4. The van der Waals surface area contributed by atoms with Crippen LogP contribution in [0.25, 0.3) is 0 Å². The fourth-order valence-electron chi connectivity index (χ4n) is 2.47. The van der Waals surface area contributed by atoms with Crippen LogP contribution in [-0.2, 0) is 4.79 Å². The molecule has 108 valence electrons. The smallest absolute Gasteiger partial charge is 0.229 e. The molecule has 0 fully saturated rings. The van der Waals surface area contributed by atoms with Crippen molar-refractivity contribution in [3.63, 3.8) is 0 Å². The molecule has 0 aliphatic heterocycles. The number of nitrogens with two attached hydrogens (primary N) is 1. The van der Waals surface area contributed by atoms with E-state index in [-0.39, 0.29) is 12.0 Å². The molecule has 0 aliphatic rings. The molecular formula is C14H30N2O2. The summed E-state index contributed by atoms with van der Waals surface area (Å²) in [6.45, 7) is 6.91. The van der Waals surface area contributed by atoms with Crippen LogP contribution in [0.2, 0.25) is 0 Å². The van der Waals surface area contributed by atoms with Gasteiger partial charge in [0.05, 0.1) is 11.5 Å². The highest BCUT2D eigenvalue weighted by Crippen LogP contribution is 2.31. The normalized spacial score (nSPS) is 13.4. The third kappa shape index (κ3) is 4.94. The predicted octanol–water partition coefficient (Wildman–Crippen LogP) is 1.76. The summed E-state index contributed by atoms with van der Waals surface area (Å²) in [5.74, 6) is 0.134. The van der Waals surface area contributed by atoms with Gasteiger partial charge in [-0.1, -0.05) is 26.7 Å². The minimum absolute atomic E-state index is 0.134. The summed E-state index contributed by atoms with van der Waals surface area (Å²) in [5.41, 5.74) is 5.47. The SMILES string of the molecule is CCCC(CN)(CCC)C(=O)N(C)CCC(C)O. The Labute approximate surface area is 112 Å². The van der Waals surface area contributed by atoms with Crippen LogP contribution in [0.15, 0.2) is 0 Å². The molecule has 0 aromatic rings. The Hall–Kier alpha value is -0.610. The topological polar surface area (TPSA) is 66.6 Å². The third-order valence-electron chi connectivity index (χ3n) is 3.53. The molecule has 0 bridgehead atoms. The first-order valence-corrected chi connectivity index (χ1v) is 7.07. The van der Waals surface area contributed by atoms with Gasteiger partial charge in [-0.15, -0.1) is 0 Å². The Balaban J connectivity index is 4.71. The second-order valence-electron chi connectivity index (χ2n) is 5.35. The second kappa shape index (κ2) is 8.48. The molecule has 3 N–H and O–H groups in total. The van der Waals surface area contributed by atoms with Gasteiger partial charge in [0.1, 0.15) is 0 Å². The lowest BCUT2D eigenvalue weighted by Gasteiger charge is -2.35. The molecule has 0 radical (unpaired) electrons. The molecule has 0 aromatic carbocycles. The summed E-state index contributed by atoms with van der Waals surface area (Å²) in [4.78, 5) is 14.3. The van der Waals surface area contributed by atoms with E-state index in [0.29, 0.717) is 19.5 Å². The van der Waals surface area contributed by atoms with E-state index < -0.39 is 5.41 Å². The molecule has 0 spiro atoms. The number of rotatable bonds is 9. The van der Waals surface area contributed by atoms with Crippen LogP contribution < -0.4 is 5.73 Å². The number of nitrogens with zero attached hydrogens (tertiary/aromatic N) is 1. The molecular weight excluding hydrogens is 228 g/mol. The van der Waals surface area contributed by atoms with Gasteiger partial charge in [-0.25, -0.2) is 0 Å². The lowest BCUT2D eigenvalue weighted by molar-refractivity contribution is -0.141. The second-order valence-corrected chi connectivity index (χ2v) is 5.35. The minimum atomic E-state index is -0.406. The highest BCUT2D eigenvalue weighted by molar-refractivity contribution is 5.82. The van der Waals surface area contributed by atoms with Gasteiger partial charge in [-0.05, 0) is 26.2 Å². The van der Waals surface area contributed by atoms with Crippen molar-refractivity contribution < 1.29 is 9.90 Å². The van der Waals surface area contributed by atoms with Crippen molar-refractivity contribution in [3.8, 4) is 0 Å². The Morgan fingerprint density at radius 1 is 1.33 bits per heavy atom. The molecule has 0 saturated heterocycles. The maximum atomic E-state index is 12.6. The van der Waals surface area contributed by atoms with Crippen molar-refractivity contribution in [2.45, 2.75) is 59.0 Å². The van der Waals surface area contributed by atoms with Gasteiger partial charge in [-0.2, -0.15) is 0 Å². The van der Waals surface area contributed by atoms with E-state index in [1.807, 2.05) is 0 Å². The lowest BCUT2D eigenvalue weighted by Crippen LogP contribution is -2.47. The predicted molar refractivity (Wildman–Crippen MR) is 75.2 cm³/mol. The van der Waals surface area contributed by atoms with Gasteiger partial charge < -0.3 is 15.7 Å². The summed E-state index contributed by atoms with van der Waals surface area (Å²) in [5, 5.41) is 9.29. The fraction of sp³-hybridized carbons (Fsp3) is 0.929. The largest absolute Gasteiger partial charge is 0.393 e. The van der Waals surface area contributed by atoms with Crippen molar-refractivity contribution in [1.29, 1.82) is 0 Å². The van der Waals surface area contributed by atoms with Crippen LogP contribution in [-0.4, -0.2) is 42.2 Å². The Morgan fingerprint density at radius 3 is 2.17 bits per heavy atom. The molecule has 4 nitrogen and oxygen atoms in total. The first kappa shape index (κ1) is 17.4. The summed E-state index contributed by atoms with van der Waals surface area (Å²) in [6.07, 6.45) is 3.86. The standard InChI is InChI=1S/C14H30N2O2/c1-5-8-14(11-15,9-6-2)13(18)16(4)10-7-12(3)17/h12,17H,5-11,15H2,1-4H3. The van der Waals surface area contributed by atoms with E-state index in [0.717, 1.165) is 25.7 Å². The van der Waals surface area contributed by atoms with Crippen molar-refractivity contribution in [3.05, 3.63) is 0 Å². The van der Waals surface area contributed by atoms with Gasteiger partial charge in [0, 0.05) is 20.1 Å². The fourth-order valence-corrected chi connectivity index (χ4v) is 2.47. The van der Waals surface area contributed by atoms with Crippen molar-refractivity contribution in [2.24, 2.45) is 11.1 Å². The average Bonchev–Trinajstić information content (AvgIpc) is 2.34. The zero-order valence-corrected chi connectivity index (χ0v) is 12.4. The van der Waals surface area contributed by atoms with Crippen molar-refractivity contribution in [1.82, 2.24) is 4.90 Å². The van der Waals surface area contributed by atoms with E-state index >= 15 is 0 Å². The average molecular weight is 258 g/mol. The lowest BCUT2D eigenvalue weighted by atomic mass is 9.78. The molecule has 1 atom stereocenters. The van der Waals surface area contributed by atoms with Crippen molar-refractivity contribution >= 4 is 5.91 Å². The number of hydrogen-bond donors (Lipinski definition) is 2. The van der Waals surface area contributed by atoms with Gasteiger partial charge >= 0.3 is 0 Å². The molecule has 0 saturated carbocycles. The number of aliphatic hydroxyl groups is 1. The summed E-state index contributed by atoms with van der Waals surface area (Å²) in [6, 6.07) is 0. The number of carbonyl (C=O) groups excluding carboxylic acids is 1. The highest BCUT2D eigenvalue weighted by atomic mass is 16.3. The molecule has 0 aliphatic carbocycles. The van der Waals surface area contributed by atoms with Crippen LogP contribution in [0.1, 0.15) is 52.9 Å². The molecule has 18 heavy (non-hydrogen) atoms. The first-order chi connectivity index (χ1) is 8.43. The van der Waals surface area contributed by atoms with E-state index in [2.05, 4.69) is 13.8 Å². The maximum Gasteiger partial charge on any atom is 0.229 e. The van der Waals surface area contributed by atoms with E-state index in [9.17, 15) is 9.90 Å². The van der Waals surface area contributed by atoms with E-state index in [4.69, 9.17) is 5.73 Å². The molecule has 1 unspecified atom stereocenters. The Morgan fingerprint density at radius 2 is 1.83 bits per heavy atom. The van der Waals surface area contributed by atoms with Crippen molar-refractivity contribution in [2.75, 3.05) is 20.1 Å². The number of carbonyl (C=O) groups is 1. The number of amides is 1. The molecule has 4 heteroatoms. The Kier molecular flexibility index (Phi) is 8.20. The number of aliphatic hydroxyl groups excluding tert-OH is 1. The van der Waals surface area contributed by atoms with E-state index in [1.165, 1.54) is 0 Å². The third-order valence-corrected chi connectivity index (χ3v) is 3.53. The van der Waals surface area contributed by atoms with Crippen LogP contribution in [0.4, 0.5) is 0 Å². The highest BCUT2D eigenvalue weighted by Gasteiger charge is 2.37. The summed E-state index contributed by atoms with van der Waals surface area (Å²) < 4.78 is 0. The molecule has 0 aromatic heterocycles. The molecule has 1 amide bonds. The number of hydrogen-bond acceptors (Lipinski definition) is 3. The monoisotopic (exact) mass is 258 g/mol. The van der Waals surface area contributed by atoms with E-state index in [1.54, 1.807) is 18.9 Å². The van der Waals surface area contributed by atoms with Crippen LogP contribution >= 0.6 is 0 Å². The van der Waals surface area contributed by atoms with Crippen LogP contribution in [0.5, 0.6) is 0 Å². The van der Waals surface area contributed by atoms with Gasteiger partial charge in [-0.3, -0.25) is 4.79 Å². The summed E-state index contributed by atoms with van der Waals surface area (Å²) >= 11 is 0. The van der Waals surface area contributed by atoms with Gasteiger partial charge in [0.2, 0.25) is 5.91 Å². The quantitative estimate of drug-likeness (QED) is 0.662. The zero-order chi connectivity index (χ0) is 14.2. The van der Waals surface area contributed by atoms with Gasteiger partial charge in [0.25, 0.3) is 0 Å². The van der Waals surface area contributed by atoms with Crippen LogP contribution in [0, 0.1) is 5.41 Å². The first-order valence-electron chi connectivity index (χ1n) is 7.07. The molecule has 0 heterocycles.